The second-order valence-corrected chi connectivity index (χ2v) is 9.34. The van der Waals surface area contributed by atoms with Crippen LogP contribution in [0.1, 0.15) is 5.56 Å². The first-order chi connectivity index (χ1) is 12.6. The molecular formula is C17H14F2N2O4S2. The number of fused-ring (bicyclic) bond motifs is 1. The summed E-state index contributed by atoms with van der Waals surface area (Å²) in [5.41, 5.74) is 1.20. The summed E-state index contributed by atoms with van der Waals surface area (Å²) in [6.07, 6.45) is 1.55. The minimum atomic E-state index is -4.74. The van der Waals surface area contributed by atoms with Gasteiger partial charge in [-0.1, -0.05) is 12.1 Å². The fourth-order valence-corrected chi connectivity index (χ4v) is 4.45. The normalized spacial score (nSPS) is 12.4. The quantitative estimate of drug-likeness (QED) is 0.694. The maximum Gasteiger partial charge on any atom is 0.341 e. The standard InChI is InChI=1S/C17H14F2N2O4S2/c1-11-9-12-3-2-4-15(16(12)20-10-11)27(24,25)21-13-5-7-14(8-6-13)26(22,23)17(18)19/h2-10,17,21H,1H3. The first-order valence-corrected chi connectivity index (χ1v) is 10.6. The minimum absolute atomic E-state index is 0.0346. The van der Waals surface area contributed by atoms with E-state index in [1.807, 2.05) is 6.92 Å². The molecule has 0 saturated heterocycles. The molecule has 3 aromatic rings. The number of rotatable bonds is 5. The summed E-state index contributed by atoms with van der Waals surface area (Å²) in [5, 5.41) is 0.649. The second kappa shape index (κ2) is 6.86. The molecule has 1 aromatic heterocycles. The number of sulfone groups is 1. The SMILES string of the molecule is Cc1cnc2c(S(=O)(=O)Nc3ccc(S(=O)(=O)C(F)F)cc3)cccc2c1. The largest absolute Gasteiger partial charge is 0.341 e. The molecule has 0 aliphatic carbocycles. The molecular weight excluding hydrogens is 398 g/mol. The fraction of sp³-hybridized carbons (Fsp3) is 0.118. The Labute approximate surface area is 154 Å². The number of nitrogens with zero attached hydrogens (tertiary/aromatic N) is 1. The summed E-state index contributed by atoms with van der Waals surface area (Å²) in [5.74, 6) is -3.55. The first-order valence-electron chi connectivity index (χ1n) is 7.61. The molecule has 0 saturated carbocycles. The van der Waals surface area contributed by atoms with Crippen LogP contribution in [0.3, 0.4) is 0 Å². The molecule has 2 aromatic carbocycles. The molecule has 0 amide bonds. The third-order valence-electron chi connectivity index (χ3n) is 3.77. The molecule has 0 fully saturated rings. The number of aryl methyl sites for hydroxylation is 1. The van der Waals surface area contributed by atoms with Crippen LogP contribution in [0.15, 0.2) is 64.5 Å². The van der Waals surface area contributed by atoms with Gasteiger partial charge in [-0.05, 0) is 48.9 Å². The highest BCUT2D eigenvalue weighted by molar-refractivity contribution is 7.93. The zero-order chi connectivity index (χ0) is 19.8. The lowest BCUT2D eigenvalue weighted by Crippen LogP contribution is -2.14. The molecule has 10 heteroatoms. The molecule has 3 rings (SSSR count). The van der Waals surface area contributed by atoms with Crippen LogP contribution in [-0.2, 0) is 19.9 Å². The molecule has 1 N–H and O–H groups in total. The monoisotopic (exact) mass is 412 g/mol. The average molecular weight is 412 g/mol. The number of pyridine rings is 1. The van der Waals surface area contributed by atoms with E-state index in [4.69, 9.17) is 0 Å². The smallest absolute Gasteiger partial charge is 0.280 e. The van der Waals surface area contributed by atoms with Crippen molar-refractivity contribution in [2.75, 3.05) is 4.72 Å². The van der Waals surface area contributed by atoms with Crippen LogP contribution in [-0.4, -0.2) is 27.6 Å². The van der Waals surface area contributed by atoms with Crippen LogP contribution in [0.5, 0.6) is 0 Å². The fourth-order valence-electron chi connectivity index (χ4n) is 2.49. The number of halogens is 2. The zero-order valence-corrected chi connectivity index (χ0v) is 15.6. The van der Waals surface area contributed by atoms with Gasteiger partial charge in [-0.25, -0.2) is 16.8 Å². The summed E-state index contributed by atoms with van der Waals surface area (Å²) in [4.78, 5) is 3.53. The lowest BCUT2D eigenvalue weighted by atomic mass is 10.2. The number of alkyl halides is 2. The Bertz CT molecular complexity index is 1210. The maximum absolute atomic E-state index is 12.7. The van der Waals surface area contributed by atoms with Crippen molar-refractivity contribution in [2.24, 2.45) is 0 Å². The van der Waals surface area contributed by atoms with E-state index in [9.17, 15) is 25.6 Å². The summed E-state index contributed by atoms with van der Waals surface area (Å²) < 4.78 is 75.7. The number of hydrogen-bond donors (Lipinski definition) is 1. The third-order valence-corrected chi connectivity index (χ3v) is 6.58. The Morgan fingerprint density at radius 1 is 1.00 bits per heavy atom. The van der Waals surface area contributed by atoms with E-state index in [0.717, 1.165) is 29.8 Å². The highest BCUT2D eigenvalue weighted by Crippen LogP contribution is 2.25. The van der Waals surface area contributed by atoms with Gasteiger partial charge in [-0.3, -0.25) is 9.71 Å². The predicted molar refractivity (Wildman–Crippen MR) is 96.9 cm³/mol. The van der Waals surface area contributed by atoms with Gasteiger partial charge >= 0.3 is 5.76 Å². The summed E-state index contributed by atoms with van der Waals surface area (Å²) in [6.45, 7) is 1.83. The van der Waals surface area contributed by atoms with Crippen LogP contribution >= 0.6 is 0 Å². The molecule has 1 heterocycles. The Balaban J connectivity index is 1.96. The summed E-state index contributed by atoms with van der Waals surface area (Å²) in [7, 11) is -8.77. The molecule has 0 aliphatic rings. The summed E-state index contributed by atoms with van der Waals surface area (Å²) in [6, 6.07) is 10.6. The lowest BCUT2D eigenvalue weighted by Gasteiger charge is -2.11. The molecule has 142 valence electrons. The number of anilines is 1. The van der Waals surface area contributed by atoms with Gasteiger partial charge < -0.3 is 0 Å². The van der Waals surface area contributed by atoms with Crippen molar-refractivity contribution >= 4 is 36.5 Å². The van der Waals surface area contributed by atoms with Crippen molar-refractivity contribution < 1.29 is 25.6 Å². The zero-order valence-electron chi connectivity index (χ0n) is 13.9. The van der Waals surface area contributed by atoms with Gasteiger partial charge in [0.2, 0.25) is 9.84 Å². The van der Waals surface area contributed by atoms with E-state index in [1.165, 1.54) is 6.07 Å². The van der Waals surface area contributed by atoms with Gasteiger partial charge in [0.25, 0.3) is 10.0 Å². The molecule has 0 spiro atoms. The van der Waals surface area contributed by atoms with Crippen molar-refractivity contribution in [3.63, 3.8) is 0 Å². The number of sulfonamides is 1. The molecule has 0 unspecified atom stereocenters. The number of nitrogens with one attached hydrogen (secondary N) is 1. The van der Waals surface area contributed by atoms with Crippen LogP contribution in [0.2, 0.25) is 0 Å². The predicted octanol–water partition coefficient (Wildman–Crippen LogP) is 3.34. The highest BCUT2D eigenvalue weighted by atomic mass is 32.2. The number of hydrogen-bond acceptors (Lipinski definition) is 5. The molecule has 0 bridgehead atoms. The number of aromatic nitrogens is 1. The van der Waals surface area contributed by atoms with E-state index in [2.05, 4.69) is 9.71 Å². The van der Waals surface area contributed by atoms with Gasteiger partial charge in [0.15, 0.2) is 0 Å². The van der Waals surface area contributed by atoms with Gasteiger partial charge in [0.1, 0.15) is 4.90 Å². The summed E-state index contributed by atoms with van der Waals surface area (Å²) >= 11 is 0. The minimum Gasteiger partial charge on any atom is -0.280 e. The Morgan fingerprint density at radius 3 is 2.30 bits per heavy atom. The van der Waals surface area contributed by atoms with Crippen molar-refractivity contribution in [2.45, 2.75) is 22.5 Å². The van der Waals surface area contributed by atoms with E-state index >= 15 is 0 Å². The molecule has 27 heavy (non-hydrogen) atoms. The van der Waals surface area contributed by atoms with Gasteiger partial charge in [-0.2, -0.15) is 8.78 Å². The van der Waals surface area contributed by atoms with Crippen molar-refractivity contribution in [1.29, 1.82) is 0 Å². The van der Waals surface area contributed by atoms with E-state index in [0.29, 0.717) is 5.39 Å². The Kier molecular flexibility index (Phi) is 4.87. The third kappa shape index (κ3) is 3.76. The first kappa shape index (κ1) is 19.2. The lowest BCUT2D eigenvalue weighted by molar-refractivity contribution is 0.234. The van der Waals surface area contributed by atoms with E-state index in [-0.39, 0.29) is 16.1 Å². The van der Waals surface area contributed by atoms with Crippen molar-refractivity contribution in [3.8, 4) is 0 Å². The Hall–Kier alpha value is -2.59. The molecule has 6 nitrogen and oxygen atoms in total. The molecule has 0 radical (unpaired) electrons. The number of benzene rings is 2. The van der Waals surface area contributed by atoms with Crippen molar-refractivity contribution in [1.82, 2.24) is 4.98 Å². The second-order valence-electron chi connectivity index (χ2n) is 5.78. The number of para-hydroxylation sites is 1. The maximum atomic E-state index is 12.7. The van der Waals surface area contributed by atoms with E-state index in [1.54, 1.807) is 24.4 Å². The van der Waals surface area contributed by atoms with E-state index < -0.39 is 30.5 Å². The van der Waals surface area contributed by atoms with Gasteiger partial charge in [-0.15, -0.1) is 0 Å². The van der Waals surface area contributed by atoms with Crippen LogP contribution < -0.4 is 4.72 Å². The van der Waals surface area contributed by atoms with Gasteiger partial charge in [0.05, 0.1) is 10.4 Å². The topological polar surface area (TPSA) is 93.2 Å². The van der Waals surface area contributed by atoms with Crippen LogP contribution in [0.4, 0.5) is 14.5 Å². The van der Waals surface area contributed by atoms with Crippen LogP contribution in [0.25, 0.3) is 10.9 Å². The molecule has 0 atom stereocenters. The highest BCUT2D eigenvalue weighted by Gasteiger charge is 2.26. The Morgan fingerprint density at radius 2 is 1.67 bits per heavy atom. The van der Waals surface area contributed by atoms with Crippen molar-refractivity contribution in [3.05, 3.63) is 60.3 Å². The van der Waals surface area contributed by atoms with Crippen LogP contribution in [0, 0.1) is 6.92 Å². The molecule has 0 aliphatic heterocycles. The van der Waals surface area contributed by atoms with Gasteiger partial charge in [0, 0.05) is 17.3 Å². The average Bonchev–Trinajstić information content (AvgIpc) is 2.61.